The number of benzene rings is 1. The number of rotatable bonds is 6. The Bertz CT molecular complexity index is 990. The zero-order valence-electron chi connectivity index (χ0n) is 15.7. The molecule has 1 saturated heterocycles. The van der Waals surface area contributed by atoms with E-state index in [0.29, 0.717) is 27.3 Å². The molecule has 4 rings (SSSR count). The van der Waals surface area contributed by atoms with Crippen molar-refractivity contribution in [2.75, 3.05) is 17.7 Å². The number of halogens is 2. The van der Waals surface area contributed by atoms with Gasteiger partial charge in [0.25, 0.3) is 0 Å². The van der Waals surface area contributed by atoms with Crippen LogP contribution in [0.2, 0.25) is 10.0 Å². The molecule has 1 aromatic carbocycles. The highest BCUT2D eigenvalue weighted by molar-refractivity contribution is 8.00. The van der Waals surface area contributed by atoms with Crippen molar-refractivity contribution in [2.24, 2.45) is 0 Å². The van der Waals surface area contributed by atoms with Gasteiger partial charge in [-0.3, -0.25) is 9.36 Å². The number of thioether (sulfide) groups is 1. The van der Waals surface area contributed by atoms with Gasteiger partial charge in [0.05, 0.1) is 29.1 Å². The lowest BCUT2D eigenvalue weighted by atomic mass is 10.2. The molecule has 0 spiro atoms. The summed E-state index contributed by atoms with van der Waals surface area (Å²) in [7, 11) is 0. The van der Waals surface area contributed by atoms with Crippen molar-refractivity contribution in [3.63, 3.8) is 0 Å². The molecule has 1 amide bonds. The molecule has 1 unspecified atom stereocenters. The Balaban J connectivity index is 1.47. The van der Waals surface area contributed by atoms with E-state index in [0.717, 1.165) is 50.0 Å². The molecule has 0 bridgehead atoms. The number of ether oxygens (including phenoxy) is 1. The fourth-order valence-electron chi connectivity index (χ4n) is 3.80. The third-order valence-electron chi connectivity index (χ3n) is 5.15. The Morgan fingerprint density at radius 1 is 1.31 bits per heavy atom. The van der Waals surface area contributed by atoms with Gasteiger partial charge < -0.3 is 10.1 Å². The maximum Gasteiger partial charge on any atom is 0.348 e. The van der Waals surface area contributed by atoms with Gasteiger partial charge in [0, 0.05) is 22.9 Å². The van der Waals surface area contributed by atoms with Gasteiger partial charge in [-0.15, -0.1) is 0 Å². The summed E-state index contributed by atoms with van der Waals surface area (Å²) in [5, 5.41) is 4.32. The van der Waals surface area contributed by atoms with Crippen LogP contribution in [0.4, 0.5) is 5.69 Å². The van der Waals surface area contributed by atoms with E-state index in [2.05, 4.69) is 10.3 Å². The summed E-state index contributed by atoms with van der Waals surface area (Å²) in [5.74, 6) is -0.0893. The van der Waals surface area contributed by atoms with Crippen molar-refractivity contribution in [1.82, 2.24) is 9.55 Å². The summed E-state index contributed by atoms with van der Waals surface area (Å²) in [5.41, 5.74) is 2.33. The molecular formula is C20H21Cl2N3O3S. The first-order valence-corrected chi connectivity index (χ1v) is 11.4. The minimum Gasteiger partial charge on any atom is -0.376 e. The molecule has 0 saturated carbocycles. The molecule has 2 aromatic rings. The number of nitrogens with zero attached hydrogens (tertiary/aromatic N) is 2. The molecule has 1 aliphatic carbocycles. The van der Waals surface area contributed by atoms with E-state index in [1.165, 1.54) is 11.8 Å². The van der Waals surface area contributed by atoms with Crippen LogP contribution in [0.3, 0.4) is 0 Å². The van der Waals surface area contributed by atoms with Crippen molar-refractivity contribution in [2.45, 2.75) is 49.8 Å². The van der Waals surface area contributed by atoms with Gasteiger partial charge in [-0.25, -0.2) is 4.79 Å². The second-order valence-electron chi connectivity index (χ2n) is 7.18. The lowest BCUT2D eigenvalue weighted by molar-refractivity contribution is -0.113. The summed E-state index contributed by atoms with van der Waals surface area (Å²) >= 11 is 13.3. The largest absolute Gasteiger partial charge is 0.376 e. The van der Waals surface area contributed by atoms with Crippen LogP contribution in [0, 0.1) is 0 Å². The highest BCUT2D eigenvalue weighted by atomic mass is 35.5. The van der Waals surface area contributed by atoms with Crippen molar-refractivity contribution < 1.29 is 9.53 Å². The van der Waals surface area contributed by atoms with Crippen LogP contribution in [0.15, 0.2) is 28.0 Å². The topological polar surface area (TPSA) is 73.2 Å². The minimum atomic E-state index is -0.262. The molecular weight excluding hydrogens is 433 g/mol. The van der Waals surface area contributed by atoms with Crippen LogP contribution < -0.4 is 11.0 Å². The second kappa shape index (κ2) is 9.08. The smallest absolute Gasteiger partial charge is 0.348 e. The number of aromatic nitrogens is 2. The summed E-state index contributed by atoms with van der Waals surface area (Å²) in [4.78, 5) is 29.3. The van der Waals surface area contributed by atoms with E-state index in [-0.39, 0.29) is 23.5 Å². The molecule has 154 valence electrons. The SMILES string of the molecule is O=C(CSc1nc(=O)n(CC2CCCO2)c2c1CCC2)Nc1cc(Cl)ccc1Cl. The average molecular weight is 454 g/mol. The summed E-state index contributed by atoms with van der Waals surface area (Å²) < 4.78 is 7.46. The Morgan fingerprint density at radius 2 is 2.17 bits per heavy atom. The first-order valence-electron chi connectivity index (χ1n) is 9.63. The Labute approximate surface area is 182 Å². The van der Waals surface area contributed by atoms with E-state index in [9.17, 15) is 9.59 Å². The van der Waals surface area contributed by atoms with E-state index < -0.39 is 0 Å². The molecule has 1 atom stereocenters. The minimum absolute atomic E-state index is 0.0888. The number of nitrogens with one attached hydrogen (secondary N) is 1. The highest BCUT2D eigenvalue weighted by Crippen LogP contribution is 2.30. The molecule has 0 radical (unpaired) electrons. The molecule has 6 nitrogen and oxygen atoms in total. The van der Waals surface area contributed by atoms with Crippen LogP contribution in [-0.2, 0) is 28.9 Å². The number of carbonyl (C=O) groups excluding carboxylic acids is 1. The maximum atomic E-state index is 12.7. The molecule has 29 heavy (non-hydrogen) atoms. The van der Waals surface area contributed by atoms with E-state index in [4.69, 9.17) is 27.9 Å². The number of amides is 1. The summed E-state index contributed by atoms with van der Waals surface area (Å²) in [6.45, 7) is 1.32. The molecule has 1 N–H and O–H groups in total. The van der Waals surface area contributed by atoms with Gasteiger partial charge in [-0.1, -0.05) is 35.0 Å². The monoisotopic (exact) mass is 453 g/mol. The van der Waals surface area contributed by atoms with Gasteiger partial charge in [-0.05, 0) is 50.3 Å². The third kappa shape index (κ3) is 4.79. The second-order valence-corrected chi connectivity index (χ2v) is 8.99. The van der Waals surface area contributed by atoms with Gasteiger partial charge in [0.15, 0.2) is 0 Å². The molecule has 1 aliphatic heterocycles. The average Bonchev–Trinajstić information content (AvgIpc) is 3.37. The Hall–Kier alpha value is -1.54. The van der Waals surface area contributed by atoms with Crippen LogP contribution in [-0.4, -0.2) is 33.9 Å². The third-order valence-corrected chi connectivity index (χ3v) is 6.74. The molecule has 9 heteroatoms. The van der Waals surface area contributed by atoms with Crippen molar-refractivity contribution >= 4 is 46.6 Å². The van der Waals surface area contributed by atoms with Gasteiger partial charge in [0.2, 0.25) is 5.91 Å². The summed E-state index contributed by atoms with van der Waals surface area (Å²) in [6, 6.07) is 4.90. The Kier molecular flexibility index (Phi) is 6.49. The Morgan fingerprint density at radius 3 is 2.97 bits per heavy atom. The lowest BCUT2D eigenvalue weighted by Gasteiger charge is -2.17. The number of anilines is 1. The first-order chi connectivity index (χ1) is 14.0. The number of carbonyl (C=O) groups is 1. The van der Waals surface area contributed by atoms with Gasteiger partial charge in [0.1, 0.15) is 5.03 Å². The number of hydrogen-bond donors (Lipinski definition) is 1. The zero-order chi connectivity index (χ0) is 20.4. The molecule has 1 fully saturated rings. The van der Waals surface area contributed by atoms with Crippen molar-refractivity contribution in [3.05, 3.63) is 50.0 Å². The predicted octanol–water partition coefficient (Wildman–Crippen LogP) is 3.95. The van der Waals surface area contributed by atoms with Gasteiger partial charge >= 0.3 is 5.69 Å². The lowest BCUT2D eigenvalue weighted by Crippen LogP contribution is -2.31. The fourth-order valence-corrected chi connectivity index (χ4v) is 5.01. The zero-order valence-corrected chi connectivity index (χ0v) is 18.1. The number of fused-ring (bicyclic) bond motifs is 1. The van der Waals surface area contributed by atoms with Crippen LogP contribution >= 0.6 is 35.0 Å². The first kappa shape index (κ1) is 20.7. The van der Waals surface area contributed by atoms with E-state index in [1.807, 2.05) is 0 Å². The normalized spacial score (nSPS) is 18.1. The summed E-state index contributed by atoms with van der Waals surface area (Å²) in [6.07, 6.45) is 4.82. The standard InChI is InChI=1S/C20H21Cl2N3O3S/c21-12-6-7-15(22)16(9-12)23-18(26)11-29-19-14-4-1-5-17(14)25(20(27)24-19)10-13-3-2-8-28-13/h6-7,9,13H,1-5,8,10-11H2,(H,23,26). The number of hydrogen-bond acceptors (Lipinski definition) is 5. The van der Waals surface area contributed by atoms with Gasteiger partial charge in [-0.2, -0.15) is 4.98 Å². The molecule has 1 aromatic heterocycles. The van der Waals surface area contributed by atoms with Crippen LogP contribution in [0.5, 0.6) is 0 Å². The fraction of sp³-hybridized carbons (Fsp3) is 0.450. The van der Waals surface area contributed by atoms with Crippen molar-refractivity contribution in [3.8, 4) is 0 Å². The highest BCUT2D eigenvalue weighted by Gasteiger charge is 2.25. The predicted molar refractivity (Wildman–Crippen MR) is 115 cm³/mol. The van der Waals surface area contributed by atoms with Crippen molar-refractivity contribution in [1.29, 1.82) is 0 Å². The van der Waals surface area contributed by atoms with E-state index in [1.54, 1.807) is 22.8 Å². The van der Waals surface area contributed by atoms with E-state index >= 15 is 0 Å². The molecule has 2 heterocycles. The molecule has 2 aliphatic rings. The maximum absolute atomic E-state index is 12.7. The van der Waals surface area contributed by atoms with Crippen LogP contribution in [0.1, 0.15) is 30.5 Å². The van der Waals surface area contributed by atoms with Crippen LogP contribution in [0.25, 0.3) is 0 Å². The quantitative estimate of drug-likeness (QED) is 0.529.